The Hall–Kier alpha value is -0.890. The molecule has 0 spiro atoms. The van der Waals surface area contributed by atoms with E-state index in [-0.39, 0.29) is 0 Å². The van der Waals surface area contributed by atoms with Gasteiger partial charge in [0.25, 0.3) is 0 Å². The predicted molar refractivity (Wildman–Crippen MR) is 44.1 cm³/mol. The van der Waals surface area contributed by atoms with E-state index in [1.807, 2.05) is 12.4 Å². The van der Waals surface area contributed by atoms with Crippen molar-refractivity contribution >= 4 is 0 Å². The first-order valence-electron chi connectivity index (χ1n) is 3.92. The lowest BCUT2D eigenvalue weighted by Gasteiger charge is -2.13. The summed E-state index contributed by atoms with van der Waals surface area (Å²) < 4.78 is 0. The molecular weight excluding hydrogens is 136 g/mol. The highest BCUT2D eigenvalue weighted by Crippen LogP contribution is 2.30. The molecule has 0 bridgehead atoms. The number of rotatable bonds is 0. The van der Waals surface area contributed by atoms with E-state index in [1.54, 1.807) is 0 Å². The van der Waals surface area contributed by atoms with Gasteiger partial charge in [-0.1, -0.05) is 0 Å². The molecule has 0 aliphatic carbocycles. The molecule has 2 rings (SSSR count). The van der Waals surface area contributed by atoms with Crippen LogP contribution in [0.25, 0.3) is 0 Å². The predicted octanol–water partition coefficient (Wildman–Crippen LogP) is 1.59. The molecule has 1 aliphatic heterocycles. The lowest BCUT2D eigenvalue weighted by Crippen LogP contribution is -2.12. The quantitative estimate of drug-likeness (QED) is 0.555. The highest BCUT2D eigenvalue weighted by molar-refractivity contribution is 5.30. The molecule has 1 aromatic rings. The van der Waals surface area contributed by atoms with Gasteiger partial charge in [-0.3, -0.25) is 9.88 Å². The van der Waals surface area contributed by atoms with Crippen molar-refractivity contribution in [2.75, 3.05) is 7.05 Å². The van der Waals surface area contributed by atoms with E-state index < -0.39 is 0 Å². The average molecular weight is 148 g/mol. The van der Waals surface area contributed by atoms with Crippen LogP contribution in [0, 0.1) is 0 Å². The number of aromatic nitrogens is 1. The van der Waals surface area contributed by atoms with Gasteiger partial charge in [-0.2, -0.15) is 0 Å². The van der Waals surface area contributed by atoms with Crippen LogP contribution in [-0.4, -0.2) is 16.9 Å². The summed E-state index contributed by atoms with van der Waals surface area (Å²) in [5.74, 6) is 0. The molecule has 1 unspecified atom stereocenters. The molecule has 2 heterocycles. The summed E-state index contributed by atoms with van der Waals surface area (Å²) >= 11 is 0. The van der Waals surface area contributed by atoms with E-state index in [0.717, 1.165) is 6.54 Å². The minimum atomic E-state index is 0.563. The first kappa shape index (κ1) is 6.80. The van der Waals surface area contributed by atoms with Crippen LogP contribution in [0.1, 0.15) is 24.1 Å². The number of fused-ring (bicyclic) bond motifs is 1. The molecule has 0 N–H and O–H groups in total. The summed E-state index contributed by atoms with van der Waals surface area (Å²) in [6, 6.07) is 2.68. The van der Waals surface area contributed by atoms with Crippen molar-refractivity contribution in [1.29, 1.82) is 0 Å². The first-order valence-corrected chi connectivity index (χ1v) is 3.92. The molecule has 0 aromatic carbocycles. The SMILES string of the molecule is CC1c2ccncc2CN1C. The second-order valence-corrected chi connectivity index (χ2v) is 3.17. The van der Waals surface area contributed by atoms with Crippen LogP contribution in [0.3, 0.4) is 0 Å². The molecule has 0 saturated heterocycles. The Labute approximate surface area is 66.9 Å². The molecule has 1 aliphatic rings. The molecule has 11 heavy (non-hydrogen) atoms. The number of nitrogens with zero attached hydrogens (tertiary/aromatic N) is 2. The van der Waals surface area contributed by atoms with E-state index >= 15 is 0 Å². The third-order valence-electron chi connectivity index (χ3n) is 2.47. The first-order chi connectivity index (χ1) is 5.29. The minimum absolute atomic E-state index is 0.563. The van der Waals surface area contributed by atoms with Gasteiger partial charge in [-0.05, 0) is 31.2 Å². The highest BCUT2D eigenvalue weighted by Gasteiger charge is 2.22. The molecule has 1 aromatic heterocycles. The summed E-state index contributed by atoms with van der Waals surface area (Å²) in [6.45, 7) is 3.27. The van der Waals surface area contributed by atoms with Crippen LogP contribution in [-0.2, 0) is 6.54 Å². The lowest BCUT2D eigenvalue weighted by molar-refractivity contribution is 0.286. The summed E-state index contributed by atoms with van der Waals surface area (Å²) in [7, 11) is 2.14. The molecule has 0 fully saturated rings. The fraction of sp³-hybridized carbons (Fsp3) is 0.444. The second-order valence-electron chi connectivity index (χ2n) is 3.17. The van der Waals surface area contributed by atoms with Gasteiger partial charge in [0.2, 0.25) is 0 Å². The van der Waals surface area contributed by atoms with Crippen LogP contribution < -0.4 is 0 Å². The van der Waals surface area contributed by atoms with Crippen molar-refractivity contribution < 1.29 is 0 Å². The number of hydrogen-bond acceptors (Lipinski definition) is 2. The Morgan fingerprint density at radius 3 is 3.18 bits per heavy atom. The van der Waals surface area contributed by atoms with E-state index in [2.05, 4.69) is 29.9 Å². The van der Waals surface area contributed by atoms with Gasteiger partial charge in [0.15, 0.2) is 0 Å². The van der Waals surface area contributed by atoms with E-state index in [4.69, 9.17) is 0 Å². The van der Waals surface area contributed by atoms with Crippen LogP contribution in [0.4, 0.5) is 0 Å². The Morgan fingerprint density at radius 1 is 1.64 bits per heavy atom. The van der Waals surface area contributed by atoms with Crippen molar-refractivity contribution in [3.8, 4) is 0 Å². The molecule has 0 saturated carbocycles. The average Bonchev–Trinajstić information content (AvgIpc) is 2.30. The fourth-order valence-corrected chi connectivity index (χ4v) is 1.62. The van der Waals surface area contributed by atoms with Crippen LogP contribution in [0.2, 0.25) is 0 Å². The third kappa shape index (κ3) is 0.942. The minimum Gasteiger partial charge on any atom is -0.295 e. The Balaban J connectivity index is 2.47. The van der Waals surface area contributed by atoms with Crippen LogP contribution in [0.15, 0.2) is 18.5 Å². The molecule has 2 heteroatoms. The van der Waals surface area contributed by atoms with Gasteiger partial charge in [0.1, 0.15) is 0 Å². The summed E-state index contributed by atoms with van der Waals surface area (Å²) in [5, 5.41) is 0. The third-order valence-corrected chi connectivity index (χ3v) is 2.47. The smallest absolute Gasteiger partial charge is 0.0324 e. The van der Waals surface area contributed by atoms with E-state index in [1.165, 1.54) is 11.1 Å². The van der Waals surface area contributed by atoms with Gasteiger partial charge in [-0.25, -0.2) is 0 Å². The van der Waals surface area contributed by atoms with Gasteiger partial charge >= 0.3 is 0 Å². The van der Waals surface area contributed by atoms with Crippen molar-refractivity contribution in [2.24, 2.45) is 0 Å². The normalized spacial score (nSPS) is 23.6. The van der Waals surface area contributed by atoms with E-state index in [9.17, 15) is 0 Å². The summed E-state index contributed by atoms with van der Waals surface area (Å²) in [6.07, 6.45) is 3.84. The molecule has 0 radical (unpaired) electrons. The van der Waals surface area contributed by atoms with Crippen molar-refractivity contribution in [2.45, 2.75) is 19.5 Å². The maximum absolute atomic E-state index is 4.10. The Kier molecular flexibility index (Phi) is 1.43. The summed E-state index contributed by atoms with van der Waals surface area (Å²) in [5.41, 5.74) is 2.81. The largest absolute Gasteiger partial charge is 0.295 e. The molecule has 2 nitrogen and oxygen atoms in total. The van der Waals surface area contributed by atoms with Gasteiger partial charge in [0, 0.05) is 25.0 Å². The maximum Gasteiger partial charge on any atom is 0.0324 e. The Morgan fingerprint density at radius 2 is 2.45 bits per heavy atom. The molecular formula is C9H12N2. The number of pyridine rings is 1. The van der Waals surface area contributed by atoms with Crippen molar-refractivity contribution in [3.63, 3.8) is 0 Å². The zero-order valence-corrected chi connectivity index (χ0v) is 6.91. The monoisotopic (exact) mass is 148 g/mol. The molecule has 1 atom stereocenters. The maximum atomic E-state index is 4.10. The van der Waals surface area contributed by atoms with Crippen molar-refractivity contribution in [1.82, 2.24) is 9.88 Å². The zero-order valence-electron chi connectivity index (χ0n) is 6.91. The standard InChI is InChI=1S/C9H12N2/c1-7-9-3-4-10-5-8(9)6-11(7)2/h3-5,7H,6H2,1-2H3. The fourth-order valence-electron chi connectivity index (χ4n) is 1.62. The Bertz CT molecular complexity index is 270. The molecule has 0 amide bonds. The van der Waals surface area contributed by atoms with E-state index in [0.29, 0.717) is 6.04 Å². The van der Waals surface area contributed by atoms with Crippen LogP contribution >= 0.6 is 0 Å². The second kappa shape index (κ2) is 2.31. The molecule has 58 valence electrons. The highest BCUT2D eigenvalue weighted by atomic mass is 15.1. The van der Waals surface area contributed by atoms with Gasteiger partial charge in [-0.15, -0.1) is 0 Å². The van der Waals surface area contributed by atoms with Crippen molar-refractivity contribution in [3.05, 3.63) is 29.6 Å². The summed E-state index contributed by atoms with van der Waals surface area (Å²) in [4.78, 5) is 6.42. The van der Waals surface area contributed by atoms with Gasteiger partial charge < -0.3 is 0 Å². The van der Waals surface area contributed by atoms with Gasteiger partial charge in [0.05, 0.1) is 0 Å². The topological polar surface area (TPSA) is 16.1 Å². The van der Waals surface area contributed by atoms with Crippen LogP contribution in [0.5, 0.6) is 0 Å². The number of hydrogen-bond donors (Lipinski definition) is 0. The lowest BCUT2D eigenvalue weighted by atomic mass is 10.1. The zero-order chi connectivity index (χ0) is 7.84.